The van der Waals surface area contributed by atoms with E-state index in [1.54, 1.807) is 38.1 Å². The highest BCUT2D eigenvalue weighted by atomic mass is 16.5. The lowest BCUT2D eigenvalue weighted by Crippen LogP contribution is -2.32. The van der Waals surface area contributed by atoms with Crippen LogP contribution in [0.1, 0.15) is 34.6 Å². The number of carbonyl (C=O) groups is 2. The van der Waals surface area contributed by atoms with Crippen molar-refractivity contribution in [2.24, 2.45) is 0 Å². The Labute approximate surface area is 203 Å². The van der Waals surface area contributed by atoms with E-state index in [4.69, 9.17) is 4.74 Å². The molecule has 0 bridgehead atoms. The molecule has 4 rings (SSSR count). The van der Waals surface area contributed by atoms with Crippen LogP contribution >= 0.6 is 0 Å². The summed E-state index contributed by atoms with van der Waals surface area (Å²) in [5.41, 5.74) is 2.30. The summed E-state index contributed by atoms with van der Waals surface area (Å²) in [6.45, 7) is 3.99. The maximum Gasteiger partial charge on any atom is 0.340 e. The van der Waals surface area contributed by atoms with Crippen molar-refractivity contribution in [1.82, 2.24) is 9.78 Å². The molecule has 0 spiro atoms. The molecule has 0 unspecified atom stereocenters. The summed E-state index contributed by atoms with van der Waals surface area (Å²) < 4.78 is 6.40. The molecular formula is C28H25N3O4. The van der Waals surface area contributed by atoms with Crippen LogP contribution in [0.15, 0.2) is 89.7 Å². The van der Waals surface area contributed by atoms with Crippen molar-refractivity contribution in [3.05, 3.63) is 106 Å². The standard InChI is InChI=1S/C28H25N3O4/c1-3-31-27(33)24(26(32)29-22-18-12-11-17-21(22)28(34)35-4-2)23(19-13-7-5-8-14-19)25(30-31)20-15-9-6-10-16-20/h5-18H,3-4H2,1-2H3,(H,29,32). The fourth-order valence-corrected chi connectivity index (χ4v) is 3.84. The molecule has 7 nitrogen and oxygen atoms in total. The van der Waals surface area contributed by atoms with E-state index in [1.165, 1.54) is 4.68 Å². The molecule has 35 heavy (non-hydrogen) atoms. The number of anilines is 1. The predicted octanol–water partition coefficient (Wildman–Crippen LogP) is 5.03. The lowest BCUT2D eigenvalue weighted by molar-refractivity contribution is 0.0527. The summed E-state index contributed by atoms with van der Waals surface area (Å²) in [5, 5.41) is 7.37. The zero-order chi connectivity index (χ0) is 24.8. The molecule has 0 saturated heterocycles. The number of aryl methyl sites for hydroxylation is 1. The number of nitrogens with zero attached hydrogens (tertiary/aromatic N) is 2. The number of ether oxygens (including phenoxy) is 1. The number of esters is 1. The molecule has 1 aromatic heterocycles. The Bertz CT molecular complexity index is 1410. The average Bonchev–Trinajstić information content (AvgIpc) is 2.89. The lowest BCUT2D eigenvalue weighted by Gasteiger charge is -2.17. The minimum absolute atomic E-state index is 0.0504. The number of para-hydroxylation sites is 1. The number of aromatic nitrogens is 2. The Morgan fingerprint density at radius 2 is 1.46 bits per heavy atom. The van der Waals surface area contributed by atoms with E-state index in [2.05, 4.69) is 10.4 Å². The first-order valence-electron chi connectivity index (χ1n) is 11.4. The monoisotopic (exact) mass is 467 g/mol. The highest BCUT2D eigenvalue weighted by Gasteiger charge is 2.26. The van der Waals surface area contributed by atoms with Gasteiger partial charge in [0, 0.05) is 17.7 Å². The molecule has 4 aromatic rings. The van der Waals surface area contributed by atoms with Crippen molar-refractivity contribution in [3.8, 4) is 22.4 Å². The smallest absolute Gasteiger partial charge is 0.340 e. The van der Waals surface area contributed by atoms with Gasteiger partial charge in [0.2, 0.25) is 0 Å². The SMILES string of the molecule is CCOC(=O)c1ccccc1NC(=O)c1c(-c2ccccc2)c(-c2ccccc2)nn(CC)c1=O. The Morgan fingerprint density at radius 3 is 2.09 bits per heavy atom. The summed E-state index contributed by atoms with van der Waals surface area (Å²) in [6.07, 6.45) is 0. The number of benzene rings is 3. The molecule has 0 atom stereocenters. The average molecular weight is 468 g/mol. The second-order valence-electron chi connectivity index (χ2n) is 7.67. The molecular weight excluding hydrogens is 442 g/mol. The molecule has 0 saturated carbocycles. The summed E-state index contributed by atoms with van der Waals surface area (Å²) in [7, 11) is 0. The van der Waals surface area contributed by atoms with Gasteiger partial charge in [-0.25, -0.2) is 9.48 Å². The molecule has 1 amide bonds. The van der Waals surface area contributed by atoms with Crippen molar-refractivity contribution in [1.29, 1.82) is 0 Å². The van der Waals surface area contributed by atoms with E-state index >= 15 is 0 Å². The van der Waals surface area contributed by atoms with Crippen LogP contribution in [0, 0.1) is 0 Å². The van der Waals surface area contributed by atoms with Crippen LogP contribution in [0.2, 0.25) is 0 Å². The molecule has 1 N–H and O–H groups in total. The van der Waals surface area contributed by atoms with Gasteiger partial charge in [0.25, 0.3) is 11.5 Å². The predicted molar refractivity (Wildman–Crippen MR) is 135 cm³/mol. The molecule has 0 aliphatic heterocycles. The van der Waals surface area contributed by atoms with E-state index < -0.39 is 17.4 Å². The quantitative estimate of drug-likeness (QED) is 0.385. The van der Waals surface area contributed by atoms with Crippen molar-refractivity contribution in [2.45, 2.75) is 20.4 Å². The third-order valence-electron chi connectivity index (χ3n) is 5.46. The van der Waals surface area contributed by atoms with Gasteiger partial charge in [0.05, 0.1) is 23.6 Å². The number of carbonyl (C=O) groups excluding carboxylic acids is 2. The third-order valence-corrected chi connectivity index (χ3v) is 5.46. The zero-order valence-corrected chi connectivity index (χ0v) is 19.5. The highest BCUT2D eigenvalue weighted by molar-refractivity contribution is 6.12. The van der Waals surface area contributed by atoms with Crippen LogP contribution < -0.4 is 10.9 Å². The molecule has 176 valence electrons. The normalized spacial score (nSPS) is 10.6. The highest BCUT2D eigenvalue weighted by Crippen LogP contribution is 2.32. The number of hydrogen-bond donors (Lipinski definition) is 1. The summed E-state index contributed by atoms with van der Waals surface area (Å²) in [4.78, 5) is 39.6. The number of amides is 1. The second kappa shape index (κ2) is 10.6. The number of hydrogen-bond acceptors (Lipinski definition) is 5. The van der Waals surface area contributed by atoms with Gasteiger partial charge in [0.15, 0.2) is 0 Å². The molecule has 7 heteroatoms. The number of nitrogens with one attached hydrogen (secondary N) is 1. The van der Waals surface area contributed by atoms with Gasteiger partial charge in [-0.15, -0.1) is 0 Å². The van der Waals surface area contributed by atoms with Crippen molar-refractivity contribution in [3.63, 3.8) is 0 Å². The maximum absolute atomic E-state index is 13.7. The van der Waals surface area contributed by atoms with Gasteiger partial charge >= 0.3 is 5.97 Å². The van der Waals surface area contributed by atoms with E-state index in [0.29, 0.717) is 16.8 Å². The van der Waals surface area contributed by atoms with E-state index in [-0.39, 0.29) is 30.0 Å². The van der Waals surface area contributed by atoms with Crippen LogP contribution in [0.25, 0.3) is 22.4 Å². The van der Waals surface area contributed by atoms with Gasteiger partial charge in [-0.2, -0.15) is 5.10 Å². The topological polar surface area (TPSA) is 90.3 Å². The minimum atomic E-state index is -0.632. The van der Waals surface area contributed by atoms with Crippen LogP contribution in [-0.2, 0) is 11.3 Å². The van der Waals surface area contributed by atoms with Crippen molar-refractivity contribution >= 4 is 17.6 Å². The van der Waals surface area contributed by atoms with Crippen LogP contribution in [0.3, 0.4) is 0 Å². The first kappa shape index (κ1) is 23.6. The molecule has 3 aromatic carbocycles. The molecule has 0 aliphatic rings. The van der Waals surface area contributed by atoms with Gasteiger partial charge in [-0.05, 0) is 31.5 Å². The van der Waals surface area contributed by atoms with E-state index in [1.807, 2.05) is 60.7 Å². The second-order valence-corrected chi connectivity index (χ2v) is 7.67. The fraction of sp³-hybridized carbons (Fsp3) is 0.143. The van der Waals surface area contributed by atoms with Gasteiger partial charge in [-0.3, -0.25) is 9.59 Å². The first-order chi connectivity index (χ1) is 17.0. The zero-order valence-electron chi connectivity index (χ0n) is 19.5. The van der Waals surface area contributed by atoms with E-state index in [0.717, 1.165) is 5.56 Å². The number of rotatable bonds is 7. The Hall–Kier alpha value is -4.52. The molecule has 0 aliphatic carbocycles. The van der Waals surface area contributed by atoms with Crippen molar-refractivity contribution < 1.29 is 14.3 Å². The van der Waals surface area contributed by atoms with Gasteiger partial charge in [0.1, 0.15) is 5.56 Å². The van der Waals surface area contributed by atoms with E-state index in [9.17, 15) is 14.4 Å². The Morgan fingerprint density at radius 1 is 0.857 bits per heavy atom. The van der Waals surface area contributed by atoms with Gasteiger partial charge < -0.3 is 10.1 Å². The van der Waals surface area contributed by atoms with Gasteiger partial charge in [-0.1, -0.05) is 72.8 Å². The first-order valence-corrected chi connectivity index (χ1v) is 11.4. The lowest BCUT2D eigenvalue weighted by atomic mass is 9.95. The summed E-state index contributed by atoms with van der Waals surface area (Å²) >= 11 is 0. The van der Waals surface area contributed by atoms with Crippen LogP contribution in [0.4, 0.5) is 5.69 Å². The van der Waals surface area contributed by atoms with Crippen molar-refractivity contribution in [2.75, 3.05) is 11.9 Å². The molecule has 0 fully saturated rings. The minimum Gasteiger partial charge on any atom is -0.462 e. The third kappa shape index (κ3) is 4.89. The summed E-state index contributed by atoms with van der Waals surface area (Å²) in [6, 6.07) is 25.2. The fourth-order valence-electron chi connectivity index (χ4n) is 3.84. The Balaban J connectivity index is 1.93. The molecule has 0 radical (unpaired) electrons. The Kier molecular flexibility index (Phi) is 7.16. The summed E-state index contributed by atoms with van der Waals surface area (Å²) in [5.74, 6) is -1.19. The molecule has 1 heterocycles. The maximum atomic E-state index is 13.7. The van der Waals surface area contributed by atoms with Crippen LogP contribution in [0.5, 0.6) is 0 Å². The van der Waals surface area contributed by atoms with Crippen LogP contribution in [-0.4, -0.2) is 28.3 Å². The largest absolute Gasteiger partial charge is 0.462 e.